The lowest BCUT2D eigenvalue weighted by molar-refractivity contribution is -0.160. The number of amides is 2. The minimum absolute atomic E-state index is 0.0224. The fourth-order valence-electron chi connectivity index (χ4n) is 3.07. The summed E-state index contributed by atoms with van der Waals surface area (Å²) in [5.74, 6) is -0.424. The predicted octanol–water partition coefficient (Wildman–Crippen LogP) is 2.01. The molecule has 7 heteroatoms. The molecular weight excluding hydrogens is 328 g/mol. The van der Waals surface area contributed by atoms with Gasteiger partial charge >= 0.3 is 5.97 Å². The molecule has 3 atom stereocenters. The number of benzene rings is 1. The SMILES string of the molecule is C[C@@H](OC(=O)[C@@H]1CS[C@@]2(C)CCC(=O)N12)C(=O)Nc1ccccc1. The number of esters is 1. The first-order valence-corrected chi connectivity index (χ1v) is 8.92. The summed E-state index contributed by atoms with van der Waals surface area (Å²) in [6, 6.07) is 8.37. The number of nitrogens with zero attached hydrogens (tertiary/aromatic N) is 1. The lowest BCUT2D eigenvalue weighted by atomic mass is 10.2. The van der Waals surface area contributed by atoms with Crippen LogP contribution < -0.4 is 5.32 Å². The zero-order chi connectivity index (χ0) is 17.3. The first kappa shape index (κ1) is 16.8. The fourth-order valence-corrected chi connectivity index (χ4v) is 4.48. The number of hydrogen-bond donors (Lipinski definition) is 1. The Bertz CT molecular complexity index is 666. The minimum Gasteiger partial charge on any atom is -0.451 e. The van der Waals surface area contributed by atoms with Crippen molar-refractivity contribution in [3.63, 3.8) is 0 Å². The minimum atomic E-state index is -0.924. The number of rotatable bonds is 4. The zero-order valence-corrected chi connectivity index (χ0v) is 14.5. The van der Waals surface area contributed by atoms with E-state index in [0.29, 0.717) is 17.9 Å². The summed E-state index contributed by atoms with van der Waals surface area (Å²) < 4.78 is 5.31. The molecule has 0 aromatic heterocycles. The molecule has 2 aliphatic rings. The number of carbonyl (C=O) groups excluding carboxylic acids is 3. The molecule has 0 unspecified atom stereocenters. The van der Waals surface area contributed by atoms with Crippen LogP contribution in [0.5, 0.6) is 0 Å². The van der Waals surface area contributed by atoms with Crippen molar-refractivity contribution >= 4 is 35.2 Å². The quantitative estimate of drug-likeness (QED) is 0.843. The van der Waals surface area contributed by atoms with Crippen LogP contribution in [0, 0.1) is 0 Å². The molecule has 0 saturated carbocycles. The van der Waals surface area contributed by atoms with Crippen LogP contribution in [-0.2, 0) is 19.1 Å². The normalized spacial score (nSPS) is 26.8. The Morgan fingerprint density at radius 3 is 2.79 bits per heavy atom. The molecule has 2 heterocycles. The molecule has 2 aliphatic heterocycles. The summed E-state index contributed by atoms with van der Waals surface area (Å²) >= 11 is 1.60. The van der Waals surface area contributed by atoms with Crippen LogP contribution in [0.15, 0.2) is 30.3 Å². The van der Waals surface area contributed by atoms with Gasteiger partial charge in [0.25, 0.3) is 5.91 Å². The van der Waals surface area contributed by atoms with Gasteiger partial charge in [-0.2, -0.15) is 0 Å². The lowest BCUT2D eigenvalue weighted by Crippen LogP contribution is -2.48. The molecule has 0 radical (unpaired) electrons. The smallest absolute Gasteiger partial charge is 0.330 e. The summed E-state index contributed by atoms with van der Waals surface area (Å²) in [7, 11) is 0. The maximum Gasteiger partial charge on any atom is 0.330 e. The summed E-state index contributed by atoms with van der Waals surface area (Å²) in [5.41, 5.74) is 0.643. The summed E-state index contributed by atoms with van der Waals surface area (Å²) in [6.07, 6.45) is 0.272. The third kappa shape index (κ3) is 3.13. The molecule has 0 aliphatic carbocycles. The molecule has 0 spiro atoms. The van der Waals surface area contributed by atoms with Crippen molar-refractivity contribution < 1.29 is 19.1 Å². The molecule has 1 N–H and O–H groups in total. The second-order valence-corrected chi connectivity index (χ2v) is 7.70. The Labute approximate surface area is 144 Å². The average Bonchev–Trinajstić information content (AvgIpc) is 3.05. The van der Waals surface area contributed by atoms with Crippen LogP contribution in [0.1, 0.15) is 26.7 Å². The van der Waals surface area contributed by atoms with Crippen LogP contribution in [0.2, 0.25) is 0 Å². The van der Waals surface area contributed by atoms with Gasteiger partial charge < -0.3 is 15.0 Å². The van der Waals surface area contributed by atoms with Gasteiger partial charge in [0.2, 0.25) is 5.91 Å². The van der Waals surface area contributed by atoms with Gasteiger partial charge in [-0.3, -0.25) is 9.59 Å². The number of ether oxygens (including phenoxy) is 1. The number of hydrogen-bond acceptors (Lipinski definition) is 5. The van der Waals surface area contributed by atoms with E-state index in [1.807, 2.05) is 25.1 Å². The van der Waals surface area contributed by atoms with Crippen molar-refractivity contribution in [3.8, 4) is 0 Å². The molecule has 1 aromatic carbocycles. The van der Waals surface area contributed by atoms with Crippen LogP contribution in [0.4, 0.5) is 5.69 Å². The van der Waals surface area contributed by atoms with Gasteiger partial charge in [0.1, 0.15) is 6.04 Å². The molecular formula is C17H20N2O4S. The van der Waals surface area contributed by atoms with Crippen molar-refractivity contribution in [1.29, 1.82) is 0 Å². The van der Waals surface area contributed by atoms with Gasteiger partial charge in [0.05, 0.1) is 4.87 Å². The van der Waals surface area contributed by atoms with Gasteiger partial charge in [0, 0.05) is 17.9 Å². The van der Waals surface area contributed by atoms with Gasteiger partial charge in [-0.25, -0.2) is 4.79 Å². The standard InChI is InChI=1S/C17H20N2O4S/c1-11(15(21)18-12-6-4-3-5-7-12)23-16(22)13-10-24-17(2)9-8-14(20)19(13)17/h3-7,11,13H,8-10H2,1-2H3,(H,18,21)/t11-,13+,17+/m1/s1. The van der Waals surface area contributed by atoms with E-state index in [9.17, 15) is 14.4 Å². The molecule has 0 bridgehead atoms. The predicted molar refractivity (Wildman–Crippen MR) is 91.4 cm³/mol. The van der Waals surface area contributed by atoms with Gasteiger partial charge in [-0.1, -0.05) is 18.2 Å². The van der Waals surface area contributed by atoms with E-state index in [4.69, 9.17) is 4.74 Å². The Hall–Kier alpha value is -2.02. The van der Waals surface area contributed by atoms with Crippen LogP contribution in [0.3, 0.4) is 0 Å². The highest BCUT2D eigenvalue weighted by Gasteiger charge is 2.53. The van der Waals surface area contributed by atoms with Crippen LogP contribution in [-0.4, -0.2) is 45.5 Å². The average molecular weight is 348 g/mol. The third-order valence-electron chi connectivity index (χ3n) is 4.42. The molecule has 6 nitrogen and oxygen atoms in total. The van der Waals surface area contributed by atoms with Crippen LogP contribution >= 0.6 is 11.8 Å². The molecule has 3 rings (SSSR count). The van der Waals surface area contributed by atoms with Crippen molar-refractivity contribution in [2.45, 2.75) is 43.7 Å². The van der Waals surface area contributed by atoms with Gasteiger partial charge in [-0.05, 0) is 32.4 Å². The topological polar surface area (TPSA) is 75.7 Å². The van der Waals surface area contributed by atoms with E-state index in [1.165, 1.54) is 6.92 Å². The molecule has 2 amide bonds. The molecule has 1 aromatic rings. The number of thioether (sulfide) groups is 1. The third-order valence-corrected chi connectivity index (χ3v) is 5.93. The molecule has 2 saturated heterocycles. The first-order valence-electron chi connectivity index (χ1n) is 7.93. The van der Waals surface area contributed by atoms with E-state index >= 15 is 0 Å². The highest BCUT2D eigenvalue weighted by molar-refractivity contribution is 8.01. The van der Waals surface area contributed by atoms with Crippen molar-refractivity contribution in [1.82, 2.24) is 4.90 Å². The monoisotopic (exact) mass is 348 g/mol. The van der Waals surface area contributed by atoms with E-state index in [-0.39, 0.29) is 10.8 Å². The van der Waals surface area contributed by atoms with Gasteiger partial charge in [-0.15, -0.1) is 11.8 Å². The summed E-state index contributed by atoms with van der Waals surface area (Å²) in [6.45, 7) is 3.50. The molecule has 2 fully saturated rings. The van der Waals surface area contributed by atoms with E-state index in [2.05, 4.69) is 5.32 Å². The fraction of sp³-hybridized carbons (Fsp3) is 0.471. The van der Waals surface area contributed by atoms with E-state index < -0.39 is 24.0 Å². The lowest BCUT2D eigenvalue weighted by Gasteiger charge is -2.29. The van der Waals surface area contributed by atoms with Crippen molar-refractivity contribution in [3.05, 3.63) is 30.3 Å². The Morgan fingerprint density at radius 1 is 1.38 bits per heavy atom. The largest absolute Gasteiger partial charge is 0.451 e. The second-order valence-electron chi connectivity index (χ2n) is 6.20. The Balaban J connectivity index is 1.60. The summed E-state index contributed by atoms with van der Waals surface area (Å²) in [5, 5.41) is 2.70. The highest BCUT2D eigenvalue weighted by Crippen LogP contribution is 2.47. The van der Waals surface area contributed by atoms with E-state index in [1.54, 1.807) is 28.8 Å². The van der Waals surface area contributed by atoms with Gasteiger partial charge in [0.15, 0.2) is 6.10 Å². The number of carbonyl (C=O) groups is 3. The highest BCUT2D eigenvalue weighted by atomic mass is 32.2. The number of anilines is 1. The number of fused-ring (bicyclic) bond motifs is 1. The molecule has 128 valence electrons. The summed E-state index contributed by atoms with van der Waals surface area (Å²) in [4.78, 5) is 37.9. The van der Waals surface area contributed by atoms with Crippen LogP contribution in [0.25, 0.3) is 0 Å². The maximum absolute atomic E-state index is 12.4. The molecule has 24 heavy (non-hydrogen) atoms. The zero-order valence-electron chi connectivity index (χ0n) is 13.7. The van der Waals surface area contributed by atoms with E-state index in [0.717, 1.165) is 6.42 Å². The number of nitrogens with one attached hydrogen (secondary N) is 1. The Morgan fingerprint density at radius 2 is 2.08 bits per heavy atom. The second kappa shape index (κ2) is 6.47. The first-order chi connectivity index (χ1) is 11.4. The number of para-hydroxylation sites is 1. The van der Waals surface area contributed by atoms with Crippen molar-refractivity contribution in [2.24, 2.45) is 0 Å². The maximum atomic E-state index is 12.4. The van der Waals surface area contributed by atoms with Crippen molar-refractivity contribution in [2.75, 3.05) is 11.1 Å². The Kier molecular flexibility index (Phi) is 4.54.